The molecule has 4 rings (SSSR count). The molecule has 6 nitrogen and oxygen atoms in total. The van der Waals surface area contributed by atoms with Crippen LogP contribution in [0.3, 0.4) is 0 Å². The summed E-state index contributed by atoms with van der Waals surface area (Å²) < 4.78 is 10.5. The summed E-state index contributed by atoms with van der Waals surface area (Å²) in [6.45, 7) is 2.92. The van der Waals surface area contributed by atoms with Gasteiger partial charge in [0.05, 0.1) is 14.2 Å². The number of aromatic nitrogens is 1. The fourth-order valence-corrected chi connectivity index (χ4v) is 4.18. The molecular weight excluding hydrogens is 386 g/mol. The first-order chi connectivity index (χ1) is 14.2. The minimum absolute atomic E-state index is 0.00805. The quantitative estimate of drug-likeness (QED) is 0.642. The summed E-state index contributed by atoms with van der Waals surface area (Å²) in [6.07, 6.45) is 0. The zero-order chi connectivity index (χ0) is 20.2. The first kappa shape index (κ1) is 19.3. The van der Waals surface area contributed by atoms with Crippen LogP contribution in [-0.4, -0.2) is 56.2 Å². The van der Waals surface area contributed by atoms with Crippen molar-refractivity contribution in [3.05, 3.63) is 59.6 Å². The van der Waals surface area contributed by atoms with Crippen LogP contribution in [0.5, 0.6) is 11.5 Å². The van der Waals surface area contributed by atoms with E-state index in [1.165, 1.54) is 11.3 Å². The Morgan fingerprint density at radius 3 is 2.38 bits per heavy atom. The highest BCUT2D eigenvalue weighted by Gasteiger charge is 2.24. The monoisotopic (exact) mass is 409 g/mol. The number of thiazole rings is 1. The van der Waals surface area contributed by atoms with Gasteiger partial charge < -0.3 is 19.3 Å². The summed E-state index contributed by atoms with van der Waals surface area (Å²) >= 11 is 1.49. The highest BCUT2D eigenvalue weighted by Crippen LogP contribution is 2.27. The minimum Gasteiger partial charge on any atom is -0.497 e. The number of benzene rings is 2. The molecule has 1 aromatic heterocycles. The Morgan fingerprint density at radius 2 is 1.69 bits per heavy atom. The molecule has 1 saturated heterocycles. The SMILES string of the molecule is COc1ccc(-c2nc(C(=O)N3CCN(c4cccc(OC)c4)CC3)cs2)cc1. The van der Waals surface area contributed by atoms with Gasteiger partial charge in [-0.25, -0.2) is 4.98 Å². The van der Waals surface area contributed by atoms with Gasteiger partial charge in [-0.15, -0.1) is 11.3 Å². The lowest BCUT2D eigenvalue weighted by Gasteiger charge is -2.35. The Kier molecular flexibility index (Phi) is 5.67. The predicted octanol–water partition coefficient (Wildman–Crippen LogP) is 3.79. The number of piperazine rings is 1. The van der Waals surface area contributed by atoms with Crippen molar-refractivity contribution < 1.29 is 14.3 Å². The van der Waals surface area contributed by atoms with E-state index in [0.29, 0.717) is 18.8 Å². The number of ether oxygens (including phenoxy) is 2. The molecule has 7 heteroatoms. The summed E-state index contributed by atoms with van der Waals surface area (Å²) in [6, 6.07) is 15.7. The summed E-state index contributed by atoms with van der Waals surface area (Å²) in [5, 5.41) is 2.68. The van der Waals surface area contributed by atoms with Crippen molar-refractivity contribution in [2.24, 2.45) is 0 Å². The van der Waals surface area contributed by atoms with E-state index in [1.807, 2.05) is 52.7 Å². The van der Waals surface area contributed by atoms with Crippen molar-refractivity contribution in [2.45, 2.75) is 0 Å². The summed E-state index contributed by atoms with van der Waals surface area (Å²) in [7, 11) is 3.31. The number of hydrogen-bond acceptors (Lipinski definition) is 6. The van der Waals surface area contributed by atoms with Gasteiger partial charge in [0, 0.05) is 48.9 Å². The Bertz CT molecular complexity index is 979. The van der Waals surface area contributed by atoms with Gasteiger partial charge >= 0.3 is 0 Å². The second kappa shape index (κ2) is 8.53. The van der Waals surface area contributed by atoms with Gasteiger partial charge in [-0.05, 0) is 36.4 Å². The van der Waals surface area contributed by atoms with E-state index in [1.54, 1.807) is 14.2 Å². The van der Waals surface area contributed by atoms with E-state index in [0.717, 1.165) is 40.8 Å². The topological polar surface area (TPSA) is 54.9 Å². The number of carbonyl (C=O) groups excluding carboxylic acids is 1. The maximum atomic E-state index is 12.9. The van der Waals surface area contributed by atoms with Gasteiger partial charge in [-0.3, -0.25) is 4.79 Å². The predicted molar refractivity (Wildman–Crippen MR) is 115 cm³/mol. The molecule has 29 heavy (non-hydrogen) atoms. The van der Waals surface area contributed by atoms with Crippen molar-refractivity contribution in [1.82, 2.24) is 9.88 Å². The molecule has 0 N–H and O–H groups in total. The number of methoxy groups -OCH3 is 2. The molecule has 0 spiro atoms. The summed E-state index contributed by atoms with van der Waals surface area (Å²) in [4.78, 5) is 21.6. The van der Waals surface area contributed by atoms with Gasteiger partial charge in [0.25, 0.3) is 5.91 Å². The molecule has 2 aromatic carbocycles. The van der Waals surface area contributed by atoms with Gasteiger partial charge in [-0.2, -0.15) is 0 Å². The number of anilines is 1. The molecular formula is C22H23N3O3S. The molecule has 0 bridgehead atoms. The third kappa shape index (κ3) is 4.19. The molecule has 0 saturated carbocycles. The van der Waals surface area contributed by atoms with Crippen LogP contribution in [0.4, 0.5) is 5.69 Å². The van der Waals surface area contributed by atoms with Crippen LogP contribution in [-0.2, 0) is 0 Å². The highest BCUT2D eigenvalue weighted by atomic mass is 32.1. The zero-order valence-corrected chi connectivity index (χ0v) is 17.3. The maximum absolute atomic E-state index is 12.9. The standard InChI is InChI=1S/C22H23N3O3S/c1-27-18-8-6-16(7-9-18)21-23-20(15-29-21)22(26)25-12-10-24(11-13-25)17-4-3-5-19(14-17)28-2/h3-9,14-15H,10-13H2,1-2H3. The van der Waals surface area contributed by atoms with E-state index in [2.05, 4.69) is 16.0 Å². The summed E-state index contributed by atoms with van der Waals surface area (Å²) in [5.74, 6) is 1.64. The lowest BCUT2D eigenvalue weighted by atomic mass is 10.2. The molecule has 1 aliphatic rings. The molecule has 0 aliphatic carbocycles. The van der Waals surface area contributed by atoms with Crippen LogP contribution in [0, 0.1) is 0 Å². The first-order valence-corrected chi connectivity index (χ1v) is 10.3. The van der Waals surface area contributed by atoms with Crippen molar-refractivity contribution in [2.75, 3.05) is 45.3 Å². The lowest BCUT2D eigenvalue weighted by molar-refractivity contribution is 0.0741. The van der Waals surface area contributed by atoms with Crippen molar-refractivity contribution >= 4 is 22.9 Å². The van der Waals surface area contributed by atoms with E-state index in [-0.39, 0.29) is 5.91 Å². The second-order valence-electron chi connectivity index (χ2n) is 6.75. The average molecular weight is 410 g/mol. The molecule has 150 valence electrons. The van der Waals surface area contributed by atoms with Crippen LogP contribution in [0.2, 0.25) is 0 Å². The van der Waals surface area contributed by atoms with Crippen LogP contribution in [0.15, 0.2) is 53.9 Å². The highest BCUT2D eigenvalue weighted by molar-refractivity contribution is 7.13. The third-order valence-corrected chi connectivity index (χ3v) is 5.94. The van der Waals surface area contributed by atoms with E-state index < -0.39 is 0 Å². The molecule has 0 unspecified atom stereocenters. The van der Waals surface area contributed by atoms with Crippen LogP contribution < -0.4 is 14.4 Å². The van der Waals surface area contributed by atoms with Gasteiger partial charge in [0.15, 0.2) is 0 Å². The number of carbonyl (C=O) groups is 1. The van der Waals surface area contributed by atoms with Gasteiger partial charge in [0.2, 0.25) is 0 Å². The van der Waals surface area contributed by atoms with E-state index >= 15 is 0 Å². The minimum atomic E-state index is -0.00805. The normalized spacial score (nSPS) is 14.0. The Morgan fingerprint density at radius 1 is 0.966 bits per heavy atom. The number of nitrogens with zero attached hydrogens (tertiary/aromatic N) is 3. The van der Waals surface area contributed by atoms with Crippen molar-refractivity contribution in [1.29, 1.82) is 0 Å². The molecule has 1 aliphatic heterocycles. The van der Waals surface area contributed by atoms with E-state index in [4.69, 9.17) is 9.47 Å². The molecule has 1 amide bonds. The Labute approximate surface area is 174 Å². The molecule has 0 atom stereocenters. The average Bonchev–Trinajstić information content (AvgIpc) is 3.29. The van der Waals surface area contributed by atoms with Crippen LogP contribution in [0.25, 0.3) is 10.6 Å². The second-order valence-corrected chi connectivity index (χ2v) is 7.61. The van der Waals surface area contributed by atoms with Gasteiger partial charge in [0.1, 0.15) is 22.2 Å². The first-order valence-electron chi connectivity index (χ1n) is 9.46. The van der Waals surface area contributed by atoms with Gasteiger partial charge in [-0.1, -0.05) is 6.07 Å². The number of rotatable bonds is 5. The zero-order valence-electron chi connectivity index (χ0n) is 16.5. The third-order valence-electron chi connectivity index (χ3n) is 5.05. The lowest BCUT2D eigenvalue weighted by Crippen LogP contribution is -2.48. The molecule has 1 fully saturated rings. The van der Waals surface area contributed by atoms with Crippen molar-refractivity contribution in [3.8, 4) is 22.1 Å². The van der Waals surface area contributed by atoms with E-state index in [9.17, 15) is 4.79 Å². The Hall–Kier alpha value is -3.06. The van der Waals surface area contributed by atoms with Crippen LogP contribution >= 0.6 is 11.3 Å². The smallest absolute Gasteiger partial charge is 0.273 e. The largest absolute Gasteiger partial charge is 0.497 e. The van der Waals surface area contributed by atoms with Crippen molar-refractivity contribution in [3.63, 3.8) is 0 Å². The maximum Gasteiger partial charge on any atom is 0.273 e. The fraction of sp³-hybridized carbons (Fsp3) is 0.273. The molecule has 2 heterocycles. The summed E-state index contributed by atoms with van der Waals surface area (Å²) in [5.41, 5.74) is 2.61. The number of hydrogen-bond donors (Lipinski definition) is 0. The molecule has 3 aromatic rings. The Balaban J connectivity index is 1.40. The molecule has 0 radical (unpaired) electrons. The fourth-order valence-electron chi connectivity index (χ4n) is 3.38. The van der Waals surface area contributed by atoms with Crippen LogP contribution in [0.1, 0.15) is 10.5 Å². The number of amides is 1.